The number of pyridine rings is 1. The molecule has 0 N–H and O–H groups in total. The predicted octanol–water partition coefficient (Wildman–Crippen LogP) is 3.74. The summed E-state index contributed by atoms with van der Waals surface area (Å²) in [6, 6.07) is 9.50. The zero-order valence-electron chi connectivity index (χ0n) is 11.1. The highest BCUT2D eigenvalue weighted by Crippen LogP contribution is 2.18. The molecule has 0 saturated heterocycles. The molecule has 3 nitrogen and oxygen atoms in total. The summed E-state index contributed by atoms with van der Waals surface area (Å²) in [5.74, 6) is 0.584. The summed E-state index contributed by atoms with van der Waals surface area (Å²) in [6.07, 6.45) is 1.68. The van der Waals surface area contributed by atoms with Gasteiger partial charge in [0.15, 0.2) is 0 Å². The molecule has 2 aromatic rings. The number of anilines is 1. The van der Waals surface area contributed by atoms with Gasteiger partial charge in [0.25, 0.3) is 5.91 Å². The molecule has 1 aromatic carbocycles. The molecule has 0 unspecified atom stereocenters. The van der Waals surface area contributed by atoms with Gasteiger partial charge >= 0.3 is 0 Å². The number of carbonyl (C=O) groups is 1. The Labute approximate surface area is 121 Å². The van der Waals surface area contributed by atoms with Gasteiger partial charge in [0.2, 0.25) is 0 Å². The highest BCUT2D eigenvalue weighted by Gasteiger charge is 2.16. The summed E-state index contributed by atoms with van der Waals surface area (Å²) in [7, 11) is 1.73. The molecule has 4 heteroatoms. The van der Waals surface area contributed by atoms with Crippen LogP contribution in [0.1, 0.15) is 21.5 Å². The molecule has 19 heavy (non-hydrogen) atoms. The minimum atomic E-state index is -0.0488. The van der Waals surface area contributed by atoms with E-state index in [2.05, 4.69) is 20.9 Å². The smallest absolute Gasteiger partial charge is 0.259 e. The van der Waals surface area contributed by atoms with Crippen LogP contribution < -0.4 is 4.90 Å². The lowest BCUT2D eigenvalue weighted by Gasteiger charge is -2.17. The maximum atomic E-state index is 12.4. The van der Waals surface area contributed by atoms with E-state index in [1.807, 2.05) is 44.2 Å². The molecule has 1 heterocycles. The maximum Gasteiger partial charge on any atom is 0.259 e. The van der Waals surface area contributed by atoms with Crippen LogP contribution in [0.25, 0.3) is 0 Å². The first-order valence-electron chi connectivity index (χ1n) is 5.96. The van der Waals surface area contributed by atoms with Crippen molar-refractivity contribution < 1.29 is 4.79 Å². The largest absolute Gasteiger partial charge is 0.296 e. The lowest BCUT2D eigenvalue weighted by Crippen LogP contribution is -2.27. The third kappa shape index (κ3) is 3.01. The van der Waals surface area contributed by atoms with Crippen molar-refractivity contribution in [3.8, 4) is 0 Å². The van der Waals surface area contributed by atoms with E-state index in [0.717, 1.165) is 15.6 Å². The molecule has 1 amide bonds. The van der Waals surface area contributed by atoms with Gasteiger partial charge in [-0.3, -0.25) is 9.69 Å². The normalized spacial score (nSPS) is 10.3. The van der Waals surface area contributed by atoms with Gasteiger partial charge in [-0.25, -0.2) is 4.98 Å². The van der Waals surface area contributed by atoms with Crippen LogP contribution in [0, 0.1) is 13.8 Å². The van der Waals surface area contributed by atoms with Crippen molar-refractivity contribution in [2.45, 2.75) is 13.8 Å². The summed E-state index contributed by atoms with van der Waals surface area (Å²) in [6.45, 7) is 3.96. The van der Waals surface area contributed by atoms with Crippen molar-refractivity contribution in [1.29, 1.82) is 0 Å². The minimum Gasteiger partial charge on any atom is -0.296 e. The van der Waals surface area contributed by atoms with Gasteiger partial charge in [0.05, 0.1) is 0 Å². The van der Waals surface area contributed by atoms with E-state index >= 15 is 0 Å². The number of nitrogens with zero attached hydrogens (tertiary/aromatic N) is 2. The SMILES string of the molecule is Cc1ccc(C(=O)N(C)c2ccc(Br)cn2)c(C)c1. The molecular weight excluding hydrogens is 304 g/mol. The zero-order chi connectivity index (χ0) is 14.0. The van der Waals surface area contributed by atoms with Gasteiger partial charge in [-0.15, -0.1) is 0 Å². The molecule has 0 saturated carbocycles. The van der Waals surface area contributed by atoms with E-state index < -0.39 is 0 Å². The molecule has 0 aliphatic carbocycles. The van der Waals surface area contributed by atoms with Crippen LogP contribution in [-0.4, -0.2) is 17.9 Å². The van der Waals surface area contributed by atoms with Crippen LogP contribution in [0.5, 0.6) is 0 Å². The van der Waals surface area contributed by atoms with Gasteiger partial charge in [-0.1, -0.05) is 17.7 Å². The van der Waals surface area contributed by atoms with Crippen LogP contribution in [0.15, 0.2) is 41.0 Å². The van der Waals surface area contributed by atoms with E-state index in [1.165, 1.54) is 0 Å². The van der Waals surface area contributed by atoms with E-state index in [9.17, 15) is 4.79 Å². The van der Waals surface area contributed by atoms with E-state index in [0.29, 0.717) is 11.4 Å². The first-order valence-corrected chi connectivity index (χ1v) is 6.75. The highest BCUT2D eigenvalue weighted by molar-refractivity contribution is 9.10. The Balaban J connectivity index is 2.30. The molecule has 2 rings (SSSR count). The lowest BCUT2D eigenvalue weighted by atomic mass is 10.0. The van der Waals surface area contributed by atoms with E-state index in [1.54, 1.807) is 18.1 Å². The fourth-order valence-electron chi connectivity index (χ4n) is 1.90. The number of aryl methyl sites for hydroxylation is 2. The zero-order valence-corrected chi connectivity index (χ0v) is 12.7. The number of amides is 1. The third-order valence-electron chi connectivity index (χ3n) is 2.97. The van der Waals surface area contributed by atoms with Gasteiger partial charge in [0, 0.05) is 23.3 Å². The molecule has 0 bridgehead atoms. The number of carbonyl (C=O) groups excluding carboxylic acids is 1. The number of aromatic nitrogens is 1. The van der Waals surface area contributed by atoms with Crippen LogP contribution in [0.3, 0.4) is 0 Å². The fraction of sp³-hybridized carbons (Fsp3) is 0.200. The average molecular weight is 319 g/mol. The molecule has 0 radical (unpaired) electrons. The second kappa shape index (κ2) is 5.53. The highest BCUT2D eigenvalue weighted by atomic mass is 79.9. The average Bonchev–Trinajstić information content (AvgIpc) is 2.38. The molecular formula is C15H15BrN2O. The summed E-state index contributed by atoms with van der Waals surface area (Å²) in [5, 5.41) is 0. The topological polar surface area (TPSA) is 33.2 Å². The number of benzene rings is 1. The number of hydrogen-bond acceptors (Lipinski definition) is 2. The summed E-state index contributed by atoms with van der Waals surface area (Å²) < 4.78 is 0.892. The number of hydrogen-bond donors (Lipinski definition) is 0. The molecule has 0 spiro atoms. The van der Waals surface area contributed by atoms with Crippen LogP contribution in [0.2, 0.25) is 0 Å². The van der Waals surface area contributed by atoms with Crippen LogP contribution in [0.4, 0.5) is 5.82 Å². The summed E-state index contributed by atoms with van der Waals surface area (Å²) >= 11 is 3.33. The standard InChI is InChI=1S/C15H15BrN2O/c1-10-4-6-13(11(2)8-10)15(19)18(3)14-7-5-12(16)9-17-14/h4-9H,1-3H3. The molecule has 98 valence electrons. The first-order chi connectivity index (χ1) is 8.99. The molecule has 1 aromatic heterocycles. The Bertz CT molecular complexity index is 608. The van der Waals surface area contributed by atoms with Crippen molar-refractivity contribution >= 4 is 27.7 Å². The van der Waals surface area contributed by atoms with Gasteiger partial charge in [0.1, 0.15) is 5.82 Å². The summed E-state index contributed by atoms with van der Waals surface area (Å²) in [5.41, 5.74) is 2.84. The lowest BCUT2D eigenvalue weighted by molar-refractivity contribution is 0.0991. The van der Waals surface area contributed by atoms with Gasteiger partial charge in [-0.05, 0) is 53.5 Å². The van der Waals surface area contributed by atoms with Crippen LogP contribution >= 0.6 is 15.9 Å². The second-order valence-corrected chi connectivity index (χ2v) is 5.43. The second-order valence-electron chi connectivity index (χ2n) is 4.52. The summed E-state index contributed by atoms with van der Waals surface area (Å²) in [4.78, 5) is 18.2. The molecule has 0 aliphatic rings. The molecule has 0 aliphatic heterocycles. The number of rotatable bonds is 2. The van der Waals surface area contributed by atoms with Crippen molar-refractivity contribution in [2.24, 2.45) is 0 Å². The molecule has 0 atom stereocenters. The first kappa shape index (κ1) is 13.7. The number of halogens is 1. The van der Waals surface area contributed by atoms with E-state index in [-0.39, 0.29) is 5.91 Å². The van der Waals surface area contributed by atoms with E-state index in [4.69, 9.17) is 0 Å². The predicted molar refractivity (Wildman–Crippen MR) is 80.6 cm³/mol. The quantitative estimate of drug-likeness (QED) is 0.845. The van der Waals surface area contributed by atoms with Crippen molar-refractivity contribution in [1.82, 2.24) is 4.98 Å². The Hall–Kier alpha value is -1.68. The Morgan fingerprint density at radius 3 is 2.53 bits per heavy atom. The third-order valence-corrected chi connectivity index (χ3v) is 3.44. The Morgan fingerprint density at radius 2 is 1.95 bits per heavy atom. The van der Waals surface area contributed by atoms with Crippen molar-refractivity contribution in [3.05, 3.63) is 57.7 Å². The molecule has 0 fully saturated rings. The monoisotopic (exact) mass is 318 g/mol. The van der Waals surface area contributed by atoms with Gasteiger partial charge in [-0.2, -0.15) is 0 Å². The Kier molecular flexibility index (Phi) is 4.00. The fourth-order valence-corrected chi connectivity index (χ4v) is 2.14. The van der Waals surface area contributed by atoms with Crippen molar-refractivity contribution in [3.63, 3.8) is 0 Å². The van der Waals surface area contributed by atoms with Gasteiger partial charge < -0.3 is 0 Å². The van der Waals surface area contributed by atoms with Crippen LogP contribution in [-0.2, 0) is 0 Å². The Morgan fingerprint density at radius 1 is 1.21 bits per heavy atom. The van der Waals surface area contributed by atoms with Crippen molar-refractivity contribution in [2.75, 3.05) is 11.9 Å². The minimum absolute atomic E-state index is 0.0488. The maximum absolute atomic E-state index is 12.4.